The van der Waals surface area contributed by atoms with Crippen LogP contribution in [0, 0.1) is 0 Å². The Kier molecular flexibility index (Phi) is 11.2. The van der Waals surface area contributed by atoms with E-state index in [0.717, 1.165) is 13.1 Å². The molecule has 298 valence electrons. The summed E-state index contributed by atoms with van der Waals surface area (Å²) in [4.78, 5) is 0. The highest BCUT2D eigenvalue weighted by Crippen LogP contribution is 2.57. The van der Waals surface area contributed by atoms with Crippen LogP contribution in [-0.4, -0.2) is 9.13 Å². The van der Waals surface area contributed by atoms with Crippen molar-refractivity contribution in [3.8, 4) is 11.1 Å². The summed E-state index contributed by atoms with van der Waals surface area (Å²) < 4.78 is 4.89. The highest BCUT2D eigenvalue weighted by atomic mass is 15.0. The Labute approximate surface area is 351 Å². The van der Waals surface area contributed by atoms with Gasteiger partial charge in [0, 0.05) is 62.1 Å². The molecule has 6 aromatic carbocycles. The number of hydrogen-bond acceptors (Lipinski definition) is 0. The summed E-state index contributed by atoms with van der Waals surface area (Å²) >= 11 is 0. The molecule has 1 aliphatic carbocycles. The molecule has 0 aliphatic heterocycles. The minimum atomic E-state index is -0.0175. The van der Waals surface area contributed by atoms with Crippen LogP contribution in [0.4, 0.5) is 0 Å². The molecule has 2 aromatic heterocycles. The summed E-state index contributed by atoms with van der Waals surface area (Å²) in [5, 5.41) is 5.33. The number of para-hydroxylation sites is 2. The number of nitrogens with zero attached hydrogens (tertiary/aromatic N) is 2. The van der Waals surface area contributed by atoms with Crippen LogP contribution in [0.25, 0.3) is 79.0 Å². The lowest BCUT2D eigenvalue weighted by atomic mass is 9.69. The van der Waals surface area contributed by atoms with Crippen molar-refractivity contribution in [1.82, 2.24) is 9.13 Å². The summed E-state index contributed by atoms with van der Waals surface area (Å²) in [6, 6.07) is 46.1. The third kappa shape index (κ3) is 6.95. The smallest absolute Gasteiger partial charge is 0.0491 e. The molecule has 0 atom stereocenters. The zero-order chi connectivity index (χ0) is 40.3. The predicted octanol–water partition coefficient (Wildman–Crippen LogP) is 16.5. The first kappa shape index (κ1) is 38.9. The zero-order valence-corrected chi connectivity index (χ0v) is 35.7. The number of rotatable bonds is 16. The Morgan fingerprint density at radius 2 is 0.932 bits per heavy atom. The first-order valence-electron chi connectivity index (χ1n) is 22.8. The number of benzene rings is 6. The van der Waals surface area contributed by atoms with E-state index in [0.29, 0.717) is 0 Å². The summed E-state index contributed by atoms with van der Waals surface area (Å²) in [6.07, 6.45) is 22.2. The topological polar surface area (TPSA) is 9.86 Å². The average Bonchev–Trinajstić information content (AvgIpc) is 3.89. The average molecular weight is 773 g/mol. The van der Waals surface area contributed by atoms with Crippen molar-refractivity contribution in [1.29, 1.82) is 0 Å². The van der Waals surface area contributed by atoms with Crippen molar-refractivity contribution in [2.75, 3.05) is 0 Å². The van der Waals surface area contributed by atoms with Crippen LogP contribution in [0.15, 0.2) is 121 Å². The first-order chi connectivity index (χ1) is 29.1. The molecular formula is C57H60N2. The van der Waals surface area contributed by atoms with Crippen LogP contribution in [0.5, 0.6) is 0 Å². The van der Waals surface area contributed by atoms with Gasteiger partial charge in [0.05, 0.1) is 0 Å². The van der Waals surface area contributed by atoms with Gasteiger partial charge in [-0.3, -0.25) is 0 Å². The summed E-state index contributed by atoms with van der Waals surface area (Å²) in [7, 11) is 0. The minimum Gasteiger partial charge on any atom is -0.341 e. The SMILES string of the molecule is CCCCCCC1(CCCCCC)c2ccccc2-c2c(C=Cc3ccc4c(c3)c3ccccc3n4CC)ccc(C=Cc3ccc4c(c3)c3ccccc3n4CC)c21. The van der Waals surface area contributed by atoms with Crippen molar-refractivity contribution in [3.05, 3.63) is 155 Å². The molecule has 0 bridgehead atoms. The second-order valence-electron chi connectivity index (χ2n) is 17.0. The molecule has 0 saturated carbocycles. The van der Waals surface area contributed by atoms with E-state index in [4.69, 9.17) is 0 Å². The Bertz CT molecular complexity index is 2820. The molecule has 0 unspecified atom stereocenters. The molecule has 0 spiro atoms. The highest BCUT2D eigenvalue weighted by Gasteiger charge is 2.44. The van der Waals surface area contributed by atoms with Gasteiger partial charge < -0.3 is 9.13 Å². The fraction of sp³-hybridized carbons (Fsp3) is 0.298. The standard InChI is InChI=1S/C57H60N2/c1-5-9-11-19-37-57(38-20-12-10-6-2)50-24-16-13-23-47(50)55-43(31-27-41-29-35-53-48(39-41)45-21-14-17-25-51(45)58(53)7-3)33-34-44(56(55)57)32-28-42-30-36-54-49(40-42)46-22-15-18-26-52(46)59(54)8-4/h13-18,21-36,39-40H,5-12,19-20,37-38H2,1-4H3. The summed E-state index contributed by atoms with van der Waals surface area (Å²) in [5.74, 6) is 0. The molecule has 0 amide bonds. The monoisotopic (exact) mass is 772 g/mol. The molecule has 2 heteroatoms. The van der Waals surface area contributed by atoms with Crippen molar-refractivity contribution >= 4 is 67.9 Å². The summed E-state index contributed by atoms with van der Waals surface area (Å²) in [6.45, 7) is 11.1. The van der Waals surface area contributed by atoms with Crippen molar-refractivity contribution < 1.29 is 0 Å². The molecule has 2 heterocycles. The largest absolute Gasteiger partial charge is 0.341 e. The van der Waals surface area contributed by atoms with E-state index < -0.39 is 0 Å². The molecule has 59 heavy (non-hydrogen) atoms. The molecule has 0 saturated heterocycles. The van der Waals surface area contributed by atoms with E-state index in [9.17, 15) is 0 Å². The van der Waals surface area contributed by atoms with Gasteiger partial charge >= 0.3 is 0 Å². The van der Waals surface area contributed by atoms with Crippen molar-refractivity contribution in [2.45, 2.75) is 110 Å². The van der Waals surface area contributed by atoms with Crippen LogP contribution < -0.4 is 0 Å². The highest BCUT2D eigenvalue weighted by molar-refractivity contribution is 6.10. The van der Waals surface area contributed by atoms with E-state index in [1.807, 2.05) is 0 Å². The third-order valence-electron chi connectivity index (χ3n) is 13.5. The second kappa shape index (κ2) is 16.9. The van der Waals surface area contributed by atoms with E-state index in [-0.39, 0.29) is 5.41 Å². The molecule has 2 nitrogen and oxygen atoms in total. The lowest BCUT2D eigenvalue weighted by Crippen LogP contribution is -2.26. The van der Waals surface area contributed by atoms with Crippen molar-refractivity contribution in [3.63, 3.8) is 0 Å². The predicted molar refractivity (Wildman–Crippen MR) is 258 cm³/mol. The van der Waals surface area contributed by atoms with Gasteiger partial charge in [-0.15, -0.1) is 0 Å². The number of unbranched alkanes of at least 4 members (excludes halogenated alkanes) is 6. The Morgan fingerprint density at radius 1 is 0.441 bits per heavy atom. The first-order valence-corrected chi connectivity index (χ1v) is 22.8. The van der Waals surface area contributed by atoms with Gasteiger partial charge in [-0.25, -0.2) is 0 Å². The fourth-order valence-electron chi connectivity index (χ4n) is 10.7. The molecule has 0 fully saturated rings. The minimum absolute atomic E-state index is 0.0175. The van der Waals surface area contributed by atoms with E-state index in [1.54, 1.807) is 11.1 Å². The van der Waals surface area contributed by atoms with Crippen LogP contribution in [0.3, 0.4) is 0 Å². The normalized spacial score (nSPS) is 13.6. The van der Waals surface area contributed by atoms with Gasteiger partial charge in [0.1, 0.15) is 0 Å². The van der Waals surface area contributed by atoms with Gasteiger partial charge in [0.25, 0.3) is 0 Å². The fourth-order valence-corrected chi connectivity index (χ4v) is 10.7. The van der Waals surface area contributed by atoms with Gasteiger partial charge in [-0.1, -0.05) is 174 Å². The maximum absolute atomic E-state index is 2.48. The number of hydrogen-bond donors (Lipinski definition) is 0. The molecule has 8 aromatic rings. The summed E-state index contributed by atoms with van der Waals surface area (Å²) in [5.41, 5.74) is 16.4. The van der Waals surface area contributed by atoms with Gasteiger partial charge in [0.15, 0.2) is 0 Å². The maximum Gasteiger partial charge on any atom is 0.0491 e. The Morgan fingerprint density at radius 3 is 1.49 bits per heavy atom. The van der Waals surface area contributed by atoms with Crippen LogP contribution in [0.2, 0.25) is 0 Å². The Balaban J connectivity index is 1.19. The maximum atomic E-state index is 2.48. The lowest BCUT2D eigenvalue weighted by molar-refractivity contribution is 0.400. The van der Waals surface area contributed by atoms with E-state index in [1.165, 1.54) is 141 Å². The van der Waals surface area contributed by atoms with Gasteiger partial charge in [0.2, 0.25) is 0 Å². The number of aromatic nitrogens is 2. The number of aryl methyl sites for hydroxylation is 2. The Hall–Kier alpha value is -5.60. The van der Waals surface area contributed by atoms with Crippen LogP contribution in [0.1, 0.15) is 125 Å². The lowest BCUT2D eigenvalue weighted by Gasteiger charge is -2.34. The number of fused-ring (bicyclic) bond motifs is 9. The molecule has 1 aliphatic rings. The molecular weight excluding hydrogens is 713 g/mol. The van der Waals surface area contributed by atoms with E-state index >= 15 is 0 Å². The molecule has 0 radical (unpaired) electrons. The van der Waals surface area contributed by atoms with Gasteiger partial charge in [-0.2, -0.15) is 0 Å². The second-order valence-corrected chi connectivity index (χ2v) is 17.0. The van der Waals surface area contributed by atoms with Crippen molar-refractivity contribution in [2.24, 2.45) is 0 Å². The van der Waals surface area contributed by atoms with E-state index in [2.05, 4.69) is 182 Å². The quantitative estimate of drug-likeness (QED) is 0.0684. The van der Waals surface area contributed by atoms with Gasteiger partial charge in [-0.05, 0) is 108 Å². The molecule has 9 rings (SSSR count). The van der Waals surface area contributed by atoms with Crippen LogP contribution >= 0.6 is 0 Å². The third-order valence-corrected chi connectivity index (χ3v) is 13.5. The molecule has 0 N–H and O–H groups in total. The zero-order valence-electron chi connectivity index (χ0n) is 35.7. The van der Waals surface area contributed by atoms with Crippen LogP contribution in [-0.2, 0) is 18.5 Å².